The minimum absolute atomic E-state index is 0.0859. The van der Waals surface area contributed by atoms with Gasteiger partial charge in [-0.25, -0.2) is 9.52 Å². The first-order chi connectivity index (χ1) is 8.85. The molecular weight excluding hydrogens is 270 g/mol. The monoisotopic (exact) mass is 287 g/mol. The predicted molar refractivity (Wildman–Crippen MR) is 71.5 cm³/mol. The van der Waals surface area contributed by atoms with Gasteiger partial charge >= 0.3 is 16.3 Å². The Morgan fingerprint density at radius 2 is 2.05 bits per heavy atom. The lowest BCUT2D eigenvalue weighted by molar-refractivity contribution is 0.158. The van der Waals surface area contributed by atoms with Gasteiger partial charge in [0.15, 0.2) is 0 Å². The number of rotatable bonds is 5. The second-order valence-corrected chi connectivity index (χ2v) is 5.24. The average Bonchev–Trinajstić information content (AvgIpc) is 2.27. The number of para-hydroxylation sites is 1. The van der Waals surface area contributed by atoms with E-state index < -0.39 is 22.3 Å². The molecule has 1 rings (SSSR count). The summed E-state index contributed by atoms with van der Waals surface area (Å²) in [5, 5.41) is 0. The standard InChI is InChI=1S/C11H17N3O4S/c1-3-18-11(15)14-19(16,17)13-8(2)9-6-4-5-7-10(9)12/h4-8,13H,3,12H2,1-2H3,(H,14,15). The molecule has 0 saturated heterocycles. The first-order valence-electron chi connectivity index (χ1n) is 5.67. The van der Waals surface area contributed by atoms with E-state index >= 15 is 0 Å². The number of hydrogen-bond donors (Lipinski definition) is 3. The van der Waals surface area contributed by atoms with E-state index in [1.165, 1.54) is 0 Å². The van der Waals surface area contributed by atoms with Crippen molar-refractivity contribution >= 4 is 22.0 Å². The van der Waals surface area contributed by atoms with Crippen molar-refractivity contribution in [1.82, 2.24) is 9.44 Å². The molecule has 1 amide bonds. The van der Waals surface area contributed by atoms with Crippen LogP contribution in [-0.4, -0.2) is 21.1 Å². The summed E-state index contributed by atoms with van der Waals surface area (Å²) in [6.45, 7) is 3.28. The fourth-order valence-corrected chi connectivity index (χ4v) is 2.43. The molecule has 1 unspecified atom stereocenters. The number of ether oxygens (including phenoxy) is 1. The van der Waals surface area contributed by atoms with Crippen LogP contribution in [0.3, 0.4) is 0 Å². The van der Waals surface area contributed by atoms with E-state index in [2.05, 4.69) is 9.46 Å². The third kappa shape index (κ3) is 4.76. The van der Waals surface area contributed by atoms with Crippen molar-refractivity contribution in [3.8, 4) is 0 Å². The first kappa shape index (κ1) is 15.3. The lowest BCUT2D eigenvalue weighted by Gasteiger charge is -2.16. The molecule has 8 heteroatoms. The van der Waals surface area contributed by atoms with E-state index in [1.807, 2.05) is 0 Å². The highest BCUT2D eigenvalue weighted by atomic mass is 32.2. The van der Waals surface area contributed by atoms with Crippen LogP contribution < -0.4 is 15.2 Å². The summed E-state index contributed by atoms with van der Waals surface area (Å²) in [6, 6.07) is 6.28. The molecular formula is C11H17N3O4S. The quantitative estimate of drug-likeness (QED) is 0.697. The second kappa shape index (κ2) is 6.39. The number of hydrogen-bond acceptors (Lipinski definition) is 5. The highest BCUT2D eigenvalue weighted by Gasteiger charge is 2.19. The zero-order chi connectivity index (χ0) is 14.5. The van der Waals surface area contributed by atoms with Gasteiger partial charge in [-0.3, -0.25) is 0 Å². The van der Waals surface area contributed by atoms with Crippen molar-refractivity contribution in [1.29, 1.82) is 0 Å². The van der Waals surface area contributed by atoms with Crippen molar-refractivity contribution < 1.29 is 17.9 Å². The highest BCUT2D eigenvalue weighted by molar-refractivity contribution is 7.88. The van der Waals surface area contributed by atoms with Crippen molar-refractivity contribution in [2.45, 2.75) is 19.9 Å². The second-order valence-electron chi connectivity index (χ2n) is 3.79. The fraction of sp³-hybridized carbons (Fsp3) is 0.364. The molecule has 0 aliphatic carbocycles. The van der Waals surface area contributed by atoms with Gasteiger partial charge in [0.25, 0.3) is 0 Å². The molecule has 0 aromatic heterocycles. The van der Waals surface area contributed by atoms with Gasteiger partial charge in [-0.15, -0.1) is 0 Å². The molecule has 0 radical (unpaired) electrons. The van der Waals surface area contributed by atoms with Crippen LogP contribution in [-0.2, 0) is 14.9 Å². The summed E-state index contributed by atoms with van der Waals surface area (Å²) in [5.41, 5.74) is 6.83. The lowest BCUT2D eigenvalue weighted by atomic mass is 10.1. The topological polar surface area (TPSA) is 111 Å². The summed E-state index contributed by atoms with van der Waals surface area (Å²) in [5.74, 6) is 0. The average molecular weight is 287 g/mol. The SMILES string of the molecule is CCOC(=O)NS(=O)(=O)NC(C)c1ccccc1N. The van der Waals surface area contributed by atoms with E-state index in [0.717, 1.165) is 0 Å². The number of nitrogen functional groups attached to an aromatic ring is 1. The number of nitrogens with one attached hydrogen (secondary N) is 2. The maximum atomic E-state index is 11.6. The molecule has 0 bridgehead atoms. The normalized spacial score (nSPS) is 12.7. The third-order valence-corrected chi connectivity index (χ3v) is 3.39. The number of carbonyl (C=O) groups is 1. The smallest absolute Gasteiger partial charge is 0.421 e. The fourth-order valence-electron chi connectivity index (χ4n) is 1.50. The van der Waals surface area contributed by atoms with Crippen molar-refractivity contribution in [2.75, 3.05) is 12.3 Å². The molecule has 0 aliphatic heterocycles. The molecule has 1 aromatic carbocycles. The first-order valence-corrected chi connectivity index (χ1v) is 7.15. The van der Waals surface area contributed by atoms with E-state index in [1.54, 1.807) is 42.8 Å². The van der Waals surface area contributed by atoms with Gasteiger partial charge in [0.05, 0.1) is 6.61 Å². The molecule has 0 heterocycles. The Kier molecular flexibility index (Phi) is 5.13. The van der Waals surface area contributed by atoms with Gasteiger partial charge in [0, 0.05) is 11.7 Å². The summed E-state index contributed by atoms with van der Waals surface area (Å²) >= 11 is 0. The molecule has 1 aromatic rings. The van der Waals surface area contributed by atoms with Crippen LogP contribution in [0.4, 0.5) is 10.5 Å². The summed E-state index contributed by atoms with van der Waals surface area (Å²) in [7, 11) is -4.00. The van der Waals surface area contributed by atoms with Gasteiger partial charge in [-0.1, -0.05) is 18.2 Å². The number of anilines is 1. The Morgan fingerprint density at radius 3 is 2.63 bits per heavy atom. The number of amides is 1. The van der Waals surface area contributed by atoms with Gasteiger partial charge < -0.3 is 10.5 Å². The van der Waals surface area contributed by atoms with Crippen LogP contribution in [0.5, 0.6) is 0 Å². The molecule has 4 N–H and O–H groups in total. The largest absolute Gasteiger partial charge is 0.449 e. The van der Waals surface area contributed by atoms with Crippen LogP contribution in [0.25, 0.3) is 0 Å². The Hall–Kier alpha value is -1.80. The molecule has 0 spiro atoms. The highest BCUT2D eigenvalue weighted by Crippen LogP contribution is 2.19. The van der Waals surface area contributed by atoms with Gasteiger partial charge in [-0.2, -0.15) is 13.1 Å². The zero-order valence-electron chi connectivity index (χ0n) is 10.7. The van der Waals surface area contributed by atoms with Crippen LogP contribution in [0, 0.1) is 0 Å². The van der Waals surface area contributed by atoms with Gasteiger partial charge in [0.1, 0.15) is 0 Å². The van der Waals surface area contributed by atoms with Gasteiger partial charge in [0.2, 0.25) is 0 Å². The Labute approximate surface area is 112 Å². The Morgan fingerprint density at radius 1 is 1.42 bits per heavy atom. The van der Waals surface area contributed by atoms with Crippen molar-refractivity contribution in [2.24, 2.45) is 0 Å². The molecule has 0 aliphatic rings. The maximum Gasteiger partial charge on any atom is 0.421 e. The molecule has 0 saturated carbocycles. The Bertz CT molecular complexity index is 545. The zero-order valence-corrected chi connectivity index (χ0v) is 11.5. The molecule has 7 nitrogen and oxygen atoms in total. The molecule has 19 heavy (non-hydrogen) atoms. The van der Waals surface area contributed by atoms with E-state index in [0.29, 0.717) is 11.3 Å². The summed E-state index contributed by atoms with van der Waals surface area (Å²) < 4.78 is 31.8. The van der Waals surface area contributed by atoms with Crippen LogP contribution in [0.2, 0.25) is 0 Å². The van der Waals surface area contributed by atoms with Crippen LogP contribution in [0.1, 0.15) is 25.5 Å². The van der Waals surface area contributed by atoms with Crippen molar-refractivity contribution in [3.05, 3.63) is 29.8 Å². The maximum absolute atomic E-state index is 11.6. The van der Waals surface area contributed by atoms with E-state index in [-0.39, 0.29) is 6.61 Å². The summed E-state index contributed by atoms with van der Waals surface area (Å²) in [6.07, 6.45) is -1.02. The Balaban J connectivity index is 2.73. The van der Waals surface area contributed by atoms with Crippen molar-refractivity contribution in [3.63, 3.8) is 0 Å². The van der Waals surface area contributed by atoms with E-state index in [9.17, 15) is 13.2 Å². The number of carbonyl (C=O) groups excluding carboxylic acids is 1. The molecule has 0 fully saturated rings. The lowest BCUT2D eigenvalue weighted by Crippen LogP contribution is -2.41. The van der Waals surface area contributed by atoms with E-state index in [4.69, 9.17) is 5.73 Å². The van der Waals surface area contributed by atoms with Crippen LogP contribution >= 0.6 is 0 Å². The van der Waals surface area contributed by atoms with Crippen LogP contribution in [0.15, 0.2) is 24.3 Å². The molecule has 106 valence electrons. The predicted octanol–water partition coefficient (Wildman–Crippen LogP) is 0.910. The number of benzene rings is 1. The minimum Gasteiger partial charge on any atom is -0.449 e. The third-order valence-electron chi connectivity index (χ3n) is 2.29. The molecule has 1 atom stereocenters. The van der Waals surface area contributed by atoms with Gasteiger partial charge in [-0.05, 0) is 25.5 Å². The summed E-state index contributed by atoms with van der Waals surface area (Å²) in [4.78, 5) is 11.1. The minimum atomic E-state index is -4.00. The number of nitrogens with two attached hydrogens (primary N) is 1.